The van der Waals surface area contributed by atoms with E-state index in [0.29, 0.717) is 17.9 Å². The fourth-order valence-electron chi connectivity index (χ4n) is 1.35. The number of aromatic nitrogens is 4. The molecule has 0 bridgehead atoms. The van der Waals surface area contributed by atoms with Crippen LogP contribution in [0.5, 0.6) is 0 Å². The van der Waals surface area contributed by atoms with E-state index in [1.807, 2.05) is 0 Å². The van der Waals surface area contributed by atoms with Crippen LogP contribution in [0.3, 0.4) is 0 Å². The summed E-state index contributed by atoms with van der Waals surface area (Å²) in [6, 6.07) is 5.84. The lowest BCUT2D eigenvalue weighted by atomic mass is 10.3. The maximum atomic E-state index is 12.8. The molecule has 2 rings (SSSR count). The average molecular weight is 279 g/mol. The van der Waals surface area contributed by atoms with Gasteiger partial charge < -0.3 is 5.73 Å². The lowest BCUT2D eigenvalue weighted by Gasteiger charge is -2.02. The number of benzene rings is 1. The van der Waals surface area contributed by atoms with Gasteiger partial charge in [-0.3, -0.25) is 5.43 Å². The number of thiocarbonyl (C=S) groups is 1. The molecule has 0 aliphatic carbocycles. The number of halogens is 1. The molecule has 19 heavy (non-hydrogen) atoms. The highest BCUT2D eigenvalue weighted by molar-refractivity contribution is 7.80. The zero-order valence-electron chi connectivity index (χ0n) is 9.69. The molecule has 9 heteroatoms. The maximum Gasteiger partial charge on any atom is 0.184 e. The van der Waals surface area contributed by atoms with Gasteiger partial charge in [0.1, 0.15) is 5.82 Å². The minimum Gasteiger partial charge on any atom is -0.375 e. The van der Waals surface area contributed by atoms with Crippen molar-refractivity contribution in [1.29, 1.82) is 0 Å². The van der Waals surface area contributed by atoms with Gasteiger partial charge in [0.15, 0.2) is 10.9 Å². The molecular weight excluding hydrogens is 269 g/mol. The van der Waals surface area contributed by atoms with Gasteiger partial charge in [-0.2, -0.15) is 9.78 Å². The molecule has 3 N–H and O–H groups in total. The Morgan fingerprint density at radius 2 is 2.21 bits per heavy atom. The summed E-state index contributed by atoms with van der Waals surface area (Å²) in [7, 11) is 0. The summed E-state index contributed by atoms with van der Waals surface area (Å²) < 4.78 is 14.3. The third kappa shape index (κ3) is 3.52. The predicted molar refractivity (Wildman–Crippen MR) is 71.2 cm³/mol. The van der Waals surface area contributed by atoms with Crippen LogP contribution in [-0.2, 0) is 6.42 Å². The largest absolute Gasteiger partial charge is 0.375 e. The average Bonchev–Trinajstić information content (AvgIpc) is 2.84. The van der Waals surface area contributed by atoms with Crippen LogP contribution in [0, 0.1) is 5.82 Å². The lowest BCUT2D eigenvalue weighted by molar-refractivity contribution is 0.626. The molecule has 1 heterocycles. The molecule has 98 valence electrons. The SMILES string of the molecule is NC(=S)N/N=C\Cc1nnnn1-c1ccc(F)cc1. The highest BCUT2D eigenvalue weighted by atomic mass is 32.1. The molecule has 0 saturated carbocycles. The molecule has 7 nitrogen and oxygen atoms in total. The van der Waals surface area contributed by atoms with Crippen LogP contribution >= 0.6 is 12.2 Å². The van der Waals surface area contributed by atoms with Gasteiger partial charge in [0.2, 0.25) is 0 Å². The van der Waals surface area contributed by atoms with Gasteiger partial charge in [0, 0.05) is 12.6 Å². The Morgan fingerprint density at radius 1 is 1.47 bits per heavy atom. The minimum atomic E-state index is -0.319. The van der Waals surface area contributed by atoms with E-state index >= 15 is 0 Å². The molecule has 0 fully saturated rings. The van der Waals surface area contributed by atoms with E-state index in [9.17, 15) is 4.39 Å². The van der Waals surface area contributed by atoms with Crippen molar-refractivity contribution < 1.29 is 4.39 Å². The van der Waals surface area contributed by atoms with Crippen molar-refractivity contribution in [2.75, 3.05) is 0 Å². The maximum absolute atomic E-state index is 12.8. The van der Waals surface area contributed by atoms with Crippen molar-refractivity contribution in [2.45, 2.75) is 6.42 Å². The number of hydrogen-bond acceptors (Lipinski definition) is 5. The summed E-state index contributed by atoms with van der Waals surface area (Å²) in [5, 5.41) is 15.1. The van der Waals surface area contributed by atoms with Crippen LogP contribution in [0.4, 0.5) is 4.39 Å². The number of nitrogens with two attached hydrogens (primary N) is 1. The number of nitrogens with one attached hydrogen (secondary N) is 1. The monoisotopic (exact) mass is 279 g/mol. The molecule has 0 unspecified atom stereocenters. The van der Waals surface area contributed by atoms with Gasteiger partial charge >= 0.3 is 0 Å². The molecule has 0 saturated heterocycles. The summed E-state index contributed by atoms with van der Waals surface area (Å²) in [4.78, 5) is 0. The Kier molecular flexibility index (Phi) is 4.08. The summed E-state index contributed by atoms with van der Waals surface area (Å²) in [5.74, 6) is 0.237. The molecule has 2 aromatic rings. The Morgan fingerprint density at radius 3 is 2.89 bits per heavy atom. The standard InChI is InChI=1S/C10H10FN7S/c11-7-1-3-8(4-2-7)18-9(14-16-17-18)5-6-13-15-10(12)19/h1-4,6H,5H2,(H3,12,15,19)/b13-6-. The van der Waals surface area contributed by atoms with Crippen LogP contribution in [-0.4, -0.2) is 31.5 Å². The minimum absolute atomic E-state index is 0.0781. The van der Waals surface area contributed by atoms with E-state index in [2.05, 4.69) is 38.3 Å². The molecule has 0 radical (unpaired) electrons. The molecule has 0 aliphatic rings. The molecular formula is C10H10FN7S. The van der Waals surface area contributed by atoms with E-state index in [-0.39, 0.29) is 10.9 Å². The normalized spacial score (nSPS) is 10.8. The molecule has 0 spiro atoms. The summed E-state index contributed by atoms with van der Waals surface area (Å²) in [5.41, 5.74) is 8.30. The van der Waals surface area contributed by atoms with E-state index in [4.69, 9.17) is 5.73 Å². The number of tetrazole rings is 1. The quantitative estimate of drug-likeness (QED) is 0.470. The lowest BCUT2D eigenvalue weighted by Crippen LogP contribution is -2.24. The molecule has 0 aliphatic heterocycles. The van der Waals surface area contributed by atoms with Gasteiger partial charge in [-0.05, 0) is 46.9 Å². The van der Waals surface area contributed by atoms with Gasteiger partial charge in [0.25, 0.3) is 0 Å². The van der Waals surface area contributed by atoms with Crippen molar-refractivity contribution in [3.8, 4) is 5.69 Å². The van der Waals surface area contributed by atoms with Gasteiger partial charge in [0.05, 0.1) is 5.69 Å². The first-order valence-electron chi connectivity index (χ1n) is 5.27. The van der Waals surface area contributed by atoms with Gasteiger partial charge in [-0.1, -0.05) is 0 Å². The zero-order chi connectivity index (χ0) is 13.7. The molecule has 0 amide bonds. The third-order valence-electron chi connectivity index (χ3n) is 2.15. The zero-order valence-corrected chi connectivity index (χ0v) is 10.5. The first-order valence-corrected chi connectivity index (χ1v) is 5.68. The predicted octanol–water partition coefficient (Wildman–Crippen LogP) is 0.163. The second-order valence-electron chi connectivity index (χ2n) is 3.48. The van der Waals surface area contributed by atoms with E-state index < -0.39 is 0 Å². The van der Waals surface area contributed by atoms with Crippen LogP contribution in [0.1, 0.15) is 5.82 Å². The Balaban J connectivity index is 2.11. The summed E-state index contributed by atoms with van der Waals surface area (Å²) in [6.45, 7) is 0. The molecule has 1 aromatic heterocycles. The van der Waals surface area contributed by atoms with Crippen LogP contribution < -0.4 is 11.2 Å². The number of rotatable bonds is 4. The van der Waals surface area contributed by atoms with Gasteiger partial charge in [-0.15, -0.1) is 5.10 Å². The topological polar surface area (TPSA) is 94.0 Å². The Labute approximate surface area is 113 Å². The van der Waals surface area contributed by atoms with E-state index in [1.54, 1.807) is 12.1 Å². The van der Waals surface area contributed by atoms with Crippen LogP contribution in [0.2, 0.25) is 0 Å². The van der Waals surface area contributed by atoms with Crippen LogP contribution in [0.25, 0.3) is 5.69 Å². The Hall–Kier alpha value is -2.42. The first-order chi connectivity index (χ1) is 9.16. The fraction of sp³-hybridized carbons (Fsp3) is 0.100. The number of nitrogens with zero attached hydrogens (tertiary/aromatic N) is 5. The van der Waals surface area contributed by atoms with Crippen molar-refractivity contribution in [3.05, 3.63) is 35.9 Å². The third-order valence-corrected chi connectivity index (χ3v) is 2.24. The van der Waals surface area contributed by atoms with E-state index in [1.165, 1.54) is 23.0 Å². The summed E-state index contributed by atoms with van der Waals surface area (Å²) >= 11 is 4.60. The smallest absolute Gasteiger partial charge is 0.184 e. The summed E-state index contributed by atoms with van der Waals surface area (Å²) in [6.07, 6.45) is 1.91. The van der Waals surface area contributed by atoms with Gasteiger partial charge in [-0.25, -0.2) is 4.39 Å². The second kappa shape index (κ2) is 5.96. The fourth-order valence-corrected chi connectivity index (χ4v) is 1.41. The van der Waals surface area contributed by atoms with Crippen LogP contribution in [0.15, 0.2) is 29.4 Å². The number of hydrazone groups is 1. The highest BCUT2D eigenvalue weighted by Crippen LogP contribution is 2.08. The van der Waals surface area contributed by atoms with Crippen molar-refractivity contribution in [3.63, 3.8) is 0 Å². The molecule has 1 aromatic carbocycles. The van der Waals surface area contributed by atoms with E-state index in [0.717, 1.165) is 0 Å². The van der Waals surface area contributed by atoms with Crippen molar-refractivity contribution >= 4 is 23.5 Å². The van der Waals surface area contributed by atoms with Crippen molar-refractivity contribution in [2.24, 2.45) is 10.8 Å². The van der Waals surface area contributed by atoms with Crippen molar-refractivity contribution in [1.82, 2.24) is 25.6 Å². The second-order valence-corrected chi connectivity index (χ2v) is 3.92. The Bertz CT molecular complexity index is 592. The highest BCUT2D eigenvalue weighted by Gasteiger charge is 2.06. The molecule has 0 atom stereocenters. The first kappa shape index (κ1) is 13.0. The number of hydrogen-bond donors (Lipinski definition) is 2.